The number of anilines is 1. The zero-order chi connectivity index (χ0) is 17.9. The van der Waals surface area contributed by atoms with Crippen molar-refractivity contribution in [1.29, 1.82) is 0 Å². The fourth-order valence-corrected chi connectivity index (χ4v) is 4.31. The van der Waals surface area contributed by atoms with Gasteiger partial charge in [0.1, 0.15) is 5.75 Å². The van der Waals surface area contributed by atoms with Gasteiger partial charge in [0.15, 0.2) is 0 Å². The number of hydrogen-bond donors (Lipinski definition) is 1. The third-order valence-corrected chi connectivity index (χ3v) is 5.82. The number of carbonyl (C=O) groups excluding carboxylic acids is 1. The summed E-state index contributed by atoms with van der Waals surface area (Å²) in [6, 6.07) is 18.5. The Balaban J connectivity index is 1.39. The van der Waals surface area contributed by atoms with Gasteiger partial charge in [-0.3, -0.25) is 4.79 Å². The van der Waals surface area contributed by atoms with E-state index in [-0.39, 0.29) is 5.91 Å². The van der Waals surface area contributed by atoms with Crippen LogP contribution in [-0.4, -0.2) is 18.8 Å². The SMILES string of the molecule is COc1ccc(CSCC(=O)Nc2ccc3c4c(cccc24)CC3)cc1. The van der Waals surface area contributed by atoms with Gasteiger partial charge in [0.05, 0.1) is 12.9 Å². The lowest BCUT2D eigenvalue weighted by atomic mass is 10.0. The summed E-state index contributed by atoms with van der Waals surface area (Å²) in [5, 5.41) is 5.58. The van der Waals surface area contributed by atoms with Crippen LogP contribution in [0.25, 0.3) is 10.8 Å². The highest BCUT2D eigenvalue weighted by Crippen LogP contribution is 2.35. The first kappa shape index (κ1) is 17.0. The maximum atomic E-state index is 12.4. The summed E-state index contributed by atoms with van der Waals surface area (Å²) in [6.07, 6.45) is 2.20. The van der Waals surface area contributed by atoms with E-state index in [4.69, 9.17) is 4.74 Å². The number of aryl methyl sites for hydroxylation is 2. The molecule has 0 aromatic heterocycles. The summed E-state index contributed by atoms with van der Waals surface area (Å²) in [4.78, 5) is 12.4. The molecule has 0 spiro atoms. The second-order valence-corrected chi connectivity index (χ2v) is 7.49. The van der Waals surface area contributed by atoms with Crippen LogP contribution in [0.5, 0.6) is 5.75 Å². The van der Waals surface area contributed by atoms with Crippen LogP contribution in [0.3, 0.4) is 0 Å². The molecule has 0 unspecified atom stereocenters. The van der Waals surface area contributed by atoms with Crippen LogP contribution in [0.1, 0.15) is 16.7 Å². The van der Waals surface area contributed by atoms with Gasteiger partial charge in [-0.05, 0) is 53.1 Å². The molecule has 4 heteroatoms. The number of thioether (sulfide) groups is 1. The van der Waals surface area contributed by atoms with E-state index in [1.165, 1.54) is 22.1 Å². The number of benzene rings is 3. The van der Waals surface area contributed by atoms with E-state index >= 15 is 0 Å². The van der Waals surface area contributed by atoms with Gasteiger partial charge in [-0.25, -0.2) is 0 Å². The molecule has 0 fully saturated rings. The van der Waals surface area contributed by atoms with Gasteiger partial charge in [-0.15, -0.1) is 11.8 Å². The second kappa shape index (κ2) is 7.42. The number of ether oxygens (including phenoxy) is 1. The van der Waals surface area contributed by atoms with Crippen LogP contribution in [0, 0.1) is 0 Å². The number of rotatable bonds is 6. The molecule has 132 valence electrons. The zero-order valence-corrected chi connectivity index (χ0v) is 15.6. The van der Waals surface area contributed by atoms with Crippen LogP contribution < -0.4 is 10.1 Å². The van der Waals surface area contributed by atoms with Crippen LogP contribution in [0.15, 0.2) is 54.6 Å². The van der Waals surface area contributed by atoms with Crippen molar-refractivity contribution in [2.75, 3.05) is 18.2 Å². The zero-order valence-electron chi connectivity index (χ0n) is 14.7. The second-order valence-electron chi connectivity index (χ2n) is 6.50. The Hall–Kier alpha value is -2.46. The predicted molar refractivity (Wildman–Crippen MR) is 109 cm³/mol. The fraction of sp³-hybridized carbons (Fsp3) is 0.227. The number of methoxy groups -OCH3 is 1. The van der Waals surface area contributed by atoms with Crippen molar-refractivity contribution in [2.24, 2.45) is 0 Å². The highest BCUT2D eigenvalue weighted by molar-refractivity contribution is 7.99. The molecular formula is C22H21NO2S. The quantitative estimate of drug-likeness (QED) is 0.682. The lowest BCUT2D eigenvalue weighted by Crippen LogP contribution is -2.14. The van der Waals surface area contributed by atoms with E-state index in [0.717, 1.165) is 35.4 Å². The first-order chi connectivity index (χ1) is 12.7. The molecule has 0 radical (unpaired) electrons. The first-order valence-corrected chi connectivity index (χ1v) is 9.94. The van der Waals surface area contributed by atoms with Crippen molar-refractivity contribution >= 4 is 34.1 Å². The largest absolute Gasteiger partial charge is 0.497 e. The van der Waals surface area contributed by atoms with Gasteiger partial charge in [-0.2, -0.15) is 0 Å². The molecule has 0 bridgehead atoms. The van der Waals surface area contributed by atoms with Crippen molar-refractivity contribution < 1.29 is 9.53 Å². The van der Waals surface area contributed by atoms with Crippen LogP contribution in [0.4, 0.5) is 5.69 Å². The van der Waals surface area contributed by atoms with Crippen molar-refractivity contribution in [3.8, 4) is 5.75 Å². The van der Waals surface area contributed by atoms with E-state index in [9.17, 15) is 4.79 Å². The number of hydrogen-bond acceptors (Lipinski definition) is 3. The molecule has 26 heavy (non-hydrogen) atoms. The van der Waals surface area contributed by atoms with Gasteiger partial charge in [0.25, 0.3) is 0 Å². The average Bonchev–Trinajstić information content (AvgIpc) is 3.09. The minimum Gasteiger partial charge on any atom is -0.497 e. The number of nitrogens with one attached hydrogen (secondary N) is 1. The molecule has 1 aliphatic carbocycles. The Morgan fingerprint density at radius 3 is 2.58 bits per heavy atom. The summed E-state index contributed by atoms with van der Waals surface area (Å²) in [7, 11) is 1.66. The lowest BCUT2D eigenvalue weighted by Gasteiger charge is -2.10. The topological polar surface area (TPSA) is 38.3 Å². The van der Waals surface area contributed by atoms with E-state index in [2.05, 4.69) is 29.6 Å². The summed E-state index contributed by atoms with van der Waals surface area (Å²) in [5.41, 5.74) is 4.89. The molecule has 3 aromatic carbocycles. The standard InChI is InChI=1S/C22H21NO2S/c1-25-18-10-5-15(6-11-18)13-26-14-21(24)23-20-12-9-17-8-7-16-3-2-4-19(20)22(16)17/h2-6,9-12H,7-8,13-14H2,1H3,(H,23,24). The Labute approximate surface area is 157 Å². The van der Waals surface area contributed by atoms with Gasteiger partial charge >= 0.3 is 0 Å². The molecule has 0 heterocycles. The molecule has 4 rings (SSSR count). The van der Waals surface area contributed by atoms with E-state index in [1.54, 1.807) is 18.9 Å². The maximum Gasteiger partial charge on any atom is 0.234 e. The van der Waals surface area contributed by atoms with Gasteiger partial charge in [0.2, 0.25) is 5.91 Å². The Bertz CT molecular complexity index is 940. The summed E-state index contributed by atoms with van der Waals surface area (Å²) >= 11 is 1.62. The first-order valence-electron chi connectivity index (χ1n) is 8.78. The Morgan fingerprint density at radius 1 is 1.04 bits per heavy atom. The minimum atomic E-state index is 0.0437. The van der Waals surface area contributed by atoms with Crippen molar-refractivity contribution in [2.45, 2.75) is 18.6 Å². The van der Waals surface area contributed by atoms with Crippen molar-refractivity contribution in [1.82, 2.24) is 0 Å². The van der Waals surface area contributed by atoms with Gasteiger partial charge in [-0.1, -0.05) is 36.4 Å². The number of carbonyl (C=O) groups is 1. The van der Waals surface area contributed by atoms with Crippen LogP contribution in [-0.2, 0) is 23.4 Å². The number of amides is 1. The third-order valence-electron chi connectivity index (χ3n) is 4.81. The molecule has 0 saturated carbocycles. The molecule has 1 N–H and O–H groups in total. The molecule has 0 aliphatic heterocycles. The van der Waals surface area contributed by atoms with E-state index in [0.29, 0.717) is 5.75 Å². The summed E-state index contributed by atoms with van der Waals surface area (Å²) < 4.78 is 5.16. The average molecular weight is 363 g/mol. The molecular weight excluding hydrogens is 342 g/mol. The molecule has 1 aliphatic rings. The van der Waals surface area contributed by atoms with Crippen molar-refractivity contribution in [3.05, 3.63) is 71.3 Å². The summed E-state index contributed by atoms with van der Waals surface area (Å²) in [6.45, 7) is 0. The molecule has 0 atom stereocenters. The van der Waals surface area contributed by atoms with Crippen LogP contribution in [0.2, 0.25) is 0 Å². The molecule has 3 nitrogen and oxygen atoms in total. The highest BCUT2D eigenvalue weighted by atomic mass is 32.2. The molecule has 0 saturated heterocycles. The van der Waals surface area contributed by atoms with E-state index in [1.807, 2.05) is 30.3 Å². The molecule has 3 aromatic rings. The fourth-order valence-electron chi connectivity index (χ4n) is 3.53. The van der Waals surface area contributed by atoms with Crippen LogP contribution >= 0.6 is 11.8 Å². The Morgan fingerprint density at radius 2 is 1.81 bits per heavy atom. The van der Waals surface area contributed by atoms with Crippen molar-refractivity contribution in [3.63, 3.8) is 0 Å². The normalized spacial score (nSPS) is 12.3. The highest BCUT2D eigenvalue weighted by Gasteiger charge is 2.16. The smallest absolute Gasteiger partial charge is 0.234 e. The maximum absolute atomic E-state index is 12.4. The molecule has 1 amide bonds. The summed E-state index contributed by atoms with van der Waals surface area (Å²) in [5.74, 6) is 2.14. The minimum absolute atomic E-state index is 0.0437. The van der Waals surface area contributed by atoms with E-state index < -0.39 is 0 Å². The third kappa shape index (κ3) is 3.42. The lowest BCUT2D eigenvalue weighted by molar-refractivity contribution is -0.113. The van der Waals surface area contributed by atoms with Gasteiger partial charge < -0.3 is 10.1 Å². The monoisotopic (exact) mass is 363 g/mol. The Kier molecular flexibility index (Phi) is 4.85. The predicted octanol–water partition coefficient (Wildman–Crippen LogP) is 4.82. The van der Waals surface area contributed by atoms with Gasteiger partial charge in [0, 0.05) is 16.8 Å².